The lowest BCUT2D eigenvalue weighted by molar-refractivity contribution is -0.304. The van der Waals surface area contributed by atoms with Gasteiger partial charge in [-0.3, -0.25) is 14.4 Å². The summed E-state index contributed by atoms with van der Waals surface area (Å²) in [5, 5.41) is 32.4. The smallest absolute Gasteiger partial charge is 0.339 e. The Morgan fingerprint density at radius 3 is 1.97 bits per heavy atom. The molecule has 0 aromatic carbocycles. The molecule has 0 aliphatic carbocycles. The van der Waals surface area contributed by atoms with Crippen LogP contribution in [-0.4, -0.2) is 115 Å². The van der Waals surface area contributed by atoms with E-state index >= 15 is 0 Å². The van der Waals surface area contributed by atoms with Crippen LogP contribution in [0.2, 0.25) is 0 Å². The zero-order valence-corrected chi connectivity index (χ0v) is 18.5. The van der Waals surface area contributed by atoms with Crippen LogP contribution in [0.1, 0.15) is 20.8 Å². The molecule has 0 spiro atoms. The molecule has 14 nitrogen and oxygen atoms in total. The molecule has 0 saturated carbocycles. The normalized spacial score (nSPS) is 36.4. The molecular weight excluding hydrogens is 450 g/mol. The predicted molar refractivity (Wildman–Crippen MR) is 103 cm³/mol. The number of rotatable bonds is 7. The van der Waals surface area contributed by atoms with Crippen molar-refractivity contribution in [3.05, 3.63) is 0 Å². The average molecular weight is 479 g/mol. The summed E-state index contributed by atoms with van der Waals surface area (Å²) in [5.74, 6) is -3.47. The van der Waals surface area contributed by atoms with Crippen LogP contribution in [0.25, 0.3) is 0 Å². The van der Waals surface area contributed by atoms with Gasteiger partial charge in [-0.1, -0.05) is 0 Å². The lowest BCUT2D eigenvalue weighted by atomic mass is 9.96. The third kappa shape index (κ3) is 6.82. The van der Waals surface area contributed by atoms with Gasteiger partial charge in [0, 0.05) is 27.3 Å². The van der Waals surface area contributed by atoms with Gasteiger partial charge in [-0.25, -0.2) is 4.79 Å². The summed E-state index contributed by atoms with van der Waals surface area (Å²) in [7, 11) is 1.06. The van der Waals surface area contributed by atoms with E-state index in [1.165, 1.54) is 0 Å². The van der Waals surface area contributed by atoms with E-state index < -0.39 is 78.9 Å². The van der Waals surface area contributed by atoms with Gasteiger partial charge in [0.1, 0.15) is 6.10 Å². The number of hydrogen-bond acceptors (Lipinski definition) is 14. The largest absolute Gasteiger partial charge is 0.467 e. The van der Waals surface area contributed by atoms with Gasteiger partial charge >= 0.3 is 23.9 Å². The fourth-order valence-electron chi connectivity index (χ4n) is 3.55. The molecule has 0 aromatic heterocycles. The Kier molecular flexibility index (Phi) is 9.51. The number of methoxy groups -OCH3 is 1. The van der Waals surface area contributed by atoms with Gasteiger partial charge in [0.2, 0.25) is 0 Å². The van der Waals surface area contributed by atoms with Crippen LogP contribution >= 0.6 is 0 Å². The predicted octanol–water partition coefficient (Wildman–Crippen LogP) is -3.25. The van der Waals surface area contributed by atoms with Crippen molar-refractivity contribution in [1.82, 2.24) is 5.32 Å². The minimum atomic E-state index is -1.61. The van der Waals surface area contributed by atoms with E-state index in [2.05, 4.69) is 10.1 Å². The van der Waals surface area contributed by atoms with E-state index in [0.717, 1.165) is 27.9 Å². The number of aliphatic hydroxyl groups excluding tert-OH is 3. The molecule has 0 radical (unpaired) electrons. The summed E-state index contributed by atoms with van der Waals surface area (Å²) in [5.41, 5.74) is 0. The Balaban J connectivity index is 2.33. The third-order valence-electron chi connectivity index (χ3n) is 5.02. The molecule has 2 saturated heterocycles. The van der Waals surface area contributed by atoms with Gasteiger partial charge in [0.15, 0.2) is 30.7 Å². The molecule has 9 atom stereocenters. The number of carbonyl (C=O) groups excluding carboxylic acids is 4. The number of piperidine rings is 1. The Morgan fingerprint density at radius 1 is 0.879 bits per heavy atom. The second-order valence-electron chi connectivity index (χ2n) is 7.57. The molecule has 2 aliphatic heterocycles. The van der Waals surface area contributed by atoms with Crippen LogP contribution in [-0.2, 0) is 47.6 Å². The first-order valence-electron chi connectivity index (χ1n) is 10.1. The van der Waals surface area contributed by atoms with Crippen molar-refractivity contribution in [2.45, 2.75) is 75.8 Å². The number of esters is 4. The van der Waals surface area contributed by atoms with Crippen molar-refractivity contribution in [1.29, 1.82) is 0 Å². The Labute approximate surface area is 189 Å². The number of β-amino-alcohol motifs (C(OH)–C–C–N with tert-alkyl or cyclic N) is 1. The molecular formula is C19H29NO13. The zero-order chi connectivity index (χ0) is 24.9. The molecule has 0 aromatic rings. The van der Waals surface area contributed by atoms with Crippen LogP contribution in [0.5, 0.6) is 0 Å². The maximum absolute atomic E-state index is 12.3. The molecule has 0 bridgehead atoms. The molecule has 9 unspecified atom stereocenters. The van der Waals surface area contributed by atoms with Crippen LogP contribution in [0.3, 0.4) is 0 Å². The van der Waals surface area contributed by atoms with Gasteiger partial charge < -0.3 is 49.1 Å². The Bertz CT molecular complexity index is 730. The minimum Gasteiger partial charge on any atom is -0.467 e. The fraction of sp³-hybridized carbons (Fsp3) is 0.789. The van der Waals surface area contributed by atoms with E-state index in [-0.39, 0.29) is 13.2 Å². The molecule has 4 N–H and O–H groups in total. The van der Waals surface area contributed by atoms with Crippen molar-refractivity contribution >= 4 is 23.9 Å². The van der Waals surface area contributed by atoms with Crippen LogP contribution < -0.4 is 5.32 Å². The van der Waals surface area contributed by atoms with Crippen molar-refractivity contribution in [3.63, 3.8) is 0 Å². The Morgan fingerprint density at radius 2 is 1.42 bits per heavy atom. The van der Waals surface area contributed by atoms with Crippen molar-refractivity contribution in [3.8, 4) is 0 Å². The number of nitrogens with one attached hydrogen (secondary N) is 1. The molecule has 14 heteroatoms. The van der Waals surface area contributed by atoms with E-state index in [1.54, 1.807) is 0 Å². The fourth-order valence-corrected chi connectivity index (χ4v) is 3.55. The highest BCUT2D eigenvalue weighted by Gasteiger charge is 2.55. The summed E-state index contributed by atoms with van der Waals surface area (Å²) in [6.07, 6.45) is -11.7. The Hall–Kier alpha value is -2.36. The molecule has 2 rings (SSSR count). The van der Waals surface area contributed by atoms with Gasteiger partial charge in [0.25, 0.3) is 0 Å². The highest BCUT2D eigenvalue weighted by Crippen LogP contribution is 2.30. The average Bonchev–Trinajstić information content (AvgIpc) is 2.73. The first-order valence-corrected chi connectivity index (χ1v) is 10.1. The first kappa shape index (κ1) is 26.9. The molecule has 2 aliphatic rings. The summed E-state index contributed by atoms with van der Waals surface area (Å²) >= 11 is 0. The standard InChI is InChI=1S/C19H29NO13/c1-7(21)30-14-15(31-8(2)22)17(32-9(3)23)19(33-16(14)18(27)28-4)29-6-10-12(25)13(26)11(24)5-20-10/h10-17,19-20,24-26H,5-6H2,1-4H3. The summed E-state index contributed by atoms with van der Waals surface area (Å²) in [6, 6.07) is -0.875. The highest BCUT2D eigenvalue weighted by atomic mass is 16.7. The maximum Gasteiger partial charge on any atom is 0.339 e. The zero-order valence-electron chi connectivity index (χ0n) is 18.5. The second kappa shape index (κ2) is 11.7. The first-order chi connectivity index (χ1) is 15.5. The van der Waals surface area contributed by atoms with Gasteiger partial charge in [-0.2, -0.15) is 0 Å². The maximum atomic E-state index is 12.3. The second-order valence-corrected chi connectivity index (χ2v) is 7.57. The summed E-state index contributed by atoms with van der Waals surface area (Å²) in [6.45, 7) is 2.80. The van der Waals surface area contributed by atoms with E-state index in [4.69, 9.17) is 23.7 Å². The summed E-state index contributed by atoms with van der Waals surface area (Å²) < 4.78 is 31.5. The lowest BCUT2D eigenvalue weighted by Gasteiger charge is -2.44. The quantitative estimate of drug-likeness (QED) is 0.210. The molecule has 188 valence electrons. The molecule has 33 heavy (non-hydrogen) atoms. The van der Waals surface area contributed by atoms with E-state index in [9.17, 15) is 34.5 Å². The van der Waals surface area contributed by atoms with Crippen LogP contribution in [0.15, 0.2) is 0 Å². The number of ether oxygens (including phenoxy) is 6. The minimum absolute atomic E-state index is 0.0411. The molecule has 0 amide bonds. The van der Waals surface area contributed by atoms with Crippen molar-refractivity contribution < 1.29 is 62.9 Å². The van der Waals surface area contributed by atoms with E-state index in [0.29, 0.717) is 0 Å². The molecule has 2 heterocycles. The number of carbonyl (C=O) groups is 4. The van der Waals surface area contributed by atoms with Crippen molar-refractivity contribution in [2.75, 3.05) is 20.3 Å². The van der Waals surface area contributed by atoms with Gasteiger partial charge in [-0.15, -0.1) is 0 Å². The number of aliphatic hydroxyl groups is 3. The monoisotopic (exact) mass is 479 g/mol. The number of hydrogen-bond donors (Lipinski definition) is 4. The molecule has 2 fully saturated rings. The lowest BCUT2D eigenvalue weighted by Crippen LogP contribution is -2.65. The van der Waals surface area contributed by atoms with Gasteiger partial charge in [0.05, 0.1) is 32.0 Å². The SMILES string of the molecule is COC(=O)C1OC(OCC2NCC(O)C(O)C2O)C(OC(C)=O)C(OC(C)=O)C1OC(C)=O. The van der Waals surface area contributed by atoms with Crippen LogP contribution in [0, 0.1) is 0 Å². The van der Waals surface area contributed by atoms with Crippen molar-refractivity contribution in [2.24, 2.45) is 0 Å². The van der Waals surface area contributed by atoms with E-state index in [1.807, 2.05) is 0 Å². The summed E-state index contributed by atoms with van der Waals surface area (Å²) in [4.78, 5) is 47.5. The van der Waals surface area contributed by atoms with Gasteiger partial charge in [-0.05, 0) is 0 Å². The van der Waals surface area contributed by atoms with Crippen LogP contribution in [0.4, 0.5) is 0 Å². The highest BCUT2D eigenvalue weighted by molar-refractivity contribution is 5.77. The third-order valence-corrected chi connectivity index (χ3v) is 5.02. The topological polar surface area (TPSA) is 196 Å².